The maximum atomic E-state index is 13.7. The normalized spacial score (nSPS) is 13.1. The lowest BCUT2D eigenvalue weighted by atomic mass is 10.1. The van der Waals surface area contributed by atoms with Crippen molar-refractivity contribution in [3.05, 3.63) is 62.1 Å². The third kappa shape index (κ3) is 8.15. The number of carbonyl (C=O) groups is 2. The van der Waals surface area contributed by atoms with Gasteiger partial charge in [0.05, 0.1) is 22.0 Å². The molecule has 2 aromatic rings. The van der Waals surface area contributed by atoms with Gasteiger partial charge in [-0.1, -0.05) is 66.3 Å². The molecule has 0 aliphatic heterocycles. The lowest BCUT2D eigenvalue weighted by molar-refractivity contribution is -0.140. The second-order valence-electron chi connectivity index (χ2n) is 8.37. The molecule has 2 rings (SSSR count). The van der Waals surface area contributed by atoms with Crippen molar-refractivity contribution in [3.8, 4) is 0 Å². The summed E-state index contributed by atoms with van der Waals surface area (Å²) < 4.78 is 26.2. The Bertz CT molecular complexity index is 1210. The number of benzene rings is 2. The summed E-state index contributed by atoms with van der Waals surface area (Å²) in [4.78, 5) is 28.1. The molecular weight excluding hydrogens is 568 g/mol. The van der Waals surface area contributed by atoms with Crippen molar-refractivity contribution < 1.29 is 18.0 Å². The van der Waals surface area contributed by atoms with Crippen LogP contribution in [-0.4, -0.2) is 50.0 Å². The number of nitrogens with one attached hydrogen (secondary N) is 1. The minimum absolute atomic E-state index is 0.0275. The first-order valence-corrected chi connectivity index (χ1v) is 14.6. The van der Waals surface area contributed by atoms with Crippen LogP contribution < -0.4 is 9.62 Å². The van der Waals surface area contributed by atoms with Crippen LogP contribution in [0.3, 0.4) is 0 Å². The monoisotopic (exact) mass is 595 g/mol. The molecule has 0 saturated carbocycles. The van der Waals surface area contributed by atoms with Crippen molar-refractivity contribution in [1.29, 1.82) is 0 Å². The van der Waals surface area contributed by atoms with Gasteiger partial charge < -0.3 is 10.2 Å². The topological polar surface area (TPSA) is 86.8 Å². The van der Waals surface area contributed by atoms with E-state index in [2.05, 4.69) is 5.32 Å². The van der Waals surface area contributed by atoms with Gasteiger partial charge in [-0.2, -0.15) is 0 Å². The van der Waals surface area contributed by atoms with E-state index in [0.717, 1.165) is 10.6 Å². The number of sulfonamides is 1. The Kier molecular flexibility index (Phi) is 11.2. The zero-order valence-electron chi connectivity index (χ0n) is 20.4. The first-order valence-electron chi connectivity index (χ1n) is 11.2. The molecule has 2 amide bonds. The van der Waals surface area contributed by atoms with E-state index in [1.54, 1.807) is 25.1 Å². The number of hydrogen-bond donors (Lipinski definition) is 1. The zero-order chi connectivity index (χ0) is 27.2. The zero-order valence-corrected chi connectivity index (χ0v) is 24.2. The van der Waals surface area contributed by atoms with Crippen LogP contribution in [0, 0.1) is 0 Å². The molecule has 0 saturated heterocycles. The highest BCUT2D eigenvalue weighted by molar-refractivity contribution is 7.92. The average Bonchev–Trinajstić information content (AvgIpc) is 2.79. The Morgan fingerprint density at radius 3 is 2.14 bits per heavy atom. The molecule has 0 aliphatic rings. The smallest absolute Gasteiger partial charge is 0.244 e. The molecule has 1 N–H and O–H groups in total. The standard InChI is InChI=1S/C24H29Cl4N3O4S/c1-5-15(3)29-24(33)22(6-2)30(13-16-7-8-17(25)11-20(16)27)23(32)14-31(36(4,34)35)18-9-10-19(26)21(28)12-18/h7-12,15,22H,5-6,13-14H2,1-4H3,(H,29,33)/t15-,22-/m0/s1. The van der Waals surface area contributed by atoms with Gasteiger partial charge in [-0.05, 0) is 55.7 Å². The van der Waals surface area contributed by atoms with E-state index in [1.807, 2.05) is 13.8 Å². The first-order chi connectivity index (χ1) is 16.8. The van der Waals surface area contributed by atoms with E-state index in [0.29, 0.717) is 28.5 Å². The van der Waals surface area contributed by atoms with Gasteiger partial charge in [-0.25, -0.2) is 8.42 Å². The van der Waals surface area contributed by atoms with E-state index in [4.69, 9.17) is 46.4 Å². The quantitative estimate of drug-likeness (QED) is 0.356. The van der Waals surface area contributed by atoms with E-state index in [-0.39, 0.29) is 34.2 Å². The number of anilines is 1. The minimum Gasteiger partial charge on any atom is -0.352 e. The van der Waals surface area contributed by atoms with Crippen LogP contribution in [0.4, 0.5) is 5.69 Å². The highest BCUT2D eigenvalue weighted by Gasteiger charge is 2.32. The number of carbonyl (C=O) groups excluding carboxylic acids is 2. The molecule has 7 nitrogen and oxygen atoms in total. The second kappa shape index (κ2) is 13.2. The van der Waals surface area contributed by atoms with Gasteiger partial charge in [-0.15, -0.1) is 0 Å². The molecule has 2 atom stereocenters. The van der Waals surface area contributed by atoms with E-state index >= 15 is 0 Å². The van der Waals surface area contributed by atoms with Gasteiger partial charge >= 0.3 is 0 Å². The van der Waals surface area contributed by atoms with Crippen molar-refractivity contribution in [3.63, 3.8) is 0 Å². The minimum atomic E-state index is -3.90. The van der Waals surface area contributed by atoms with Crippen LogP contribution in [0.2, 0.25) is 20.1 Å². The van der Waals surface area contributed by atoms with Crippen molar-refractivity contribution in [2.45, 2.75) is 52.2 Å². The van der Waals surface area contributed by atoms with Crippen molar-refractivity contribution in [1.82, 2.24) is 10.2 Å². The van der Waals surface area contributed by atoms with Gasteiger partial charge in [0.2, 0.25) is 21.8 Å². The summed E-state index contributed by atoms with van der Waals surface area (Å²) in [5, 5.41) is 4.03. The molecular formula is C24H29Cl4N3O4S. The van der Waals surface area contributed by atoms with Crippen LogP contribution in [0.15, 0.2) is 36.4 Å². The summed E-state index contributed by atoms with van der Waals surface area (Å²) in [7, 11) is -3.90. The summed E-state index contributed by atoms with van der Waals surface area (Å²) in [6.07, 6.45) is 1.99. The lowest BCUT2D eigenvalue weighted by Gasteiger charge is -2.33. The maximum absolute atomic E-state index is 13.7. The Hall–Kier alpha value is -1.71. The van der Waals surface area contributed by atoms with E-state index in [9.17, 15) is 18.0 Å². The predicted molar refractivity (Wildman–Crippen MR) is 148 cm³/mol. The van der Waals surface area contributed by atoms with Gasteiger partial charge in [0.15, 0.2) is 0 Å². The van der Waals surface area contributed by atoms with Gasteiger partial charge in [0, 0.05) is 22.6 Å². The summed E-state index contributed by atoms with van der Waals surface area (Å²) in [5.74, 6) is -0.936. The fourth-order valence-electron chi connectivity index (χ4n) is 3.45. The van der Waals surface area contributed by atoms with E-state index < -0.39 is 28.5 Å². The highest BCUT2D eigenvalue weighted by Crippen LogP contribution is 2.29. The molecule has 0 heterocycles. The van der Waals surface area contributed by atoms with Crippen molar-refractivity contribution in [2.24, 2.45) is 0 Å². The molecule has 0 bridgehead atoms. The summed E-state index contributed by atoms with van der Waals surface area (Å²) in [6, 6.07) is 8.13. The van der Waals surface area contributed by atoms with Gasteiger partial charge in [0.25, 0.3) is 0 Å². The maximum Gasteiger partial charge on any atom is 0.244 e. The summed E-state index contributed by atoms with van der Waals surface area (Å²) >= 11 is 24.5. The Balaban J connectivity index is 2.50. The Labute approximate surface area is 232 Å². The highest BCUT2D eigenvalue weighted by atomic mass is 35.5. The predicted octanol–water partition coefficient (Wildman–Crippen LogP) is 5.79. The lowest BCUT2D eigenvalue weighted by Crippen LogP contribution is -2.53. The van der Waals surface area contributed by atoms with Crippen LogP contribution >= 0.6 is 46.4 Å². The fraction of sp³-hybridized carbons (Fsp3) is 0.417. The first kappa shape index (κ1) is 30.5. The van der Waals surface area contributed by atoms with Gasteiger partial charge in [0.1, 0.15) is 12.6 Å². The molecule has 198 valence electrons. The molecule has 0 radical (unpaired) electrons. The molecule has 0 aromatic heterocycles. The second-order valence-corrected chi connectivity index (χ2v) is 11.9. The summed E-state index contributed by atoms with van der Waals surface area (Å²) in [6.45, 7) is 4.99. The number of amides is 2. The summed E-state index contributed by atoms with van der Waals surface area (Å²) in [5.41, 5.74) is 0.728. The third-order valence-electron chi connectivity index (χ3n) is 5.61. The Morgan fingerprint density at radius 2 is 1.61 bits per heavy atom. The molecule has 2 aromatic carbocycles. The fourth-order valence-corrected chi connectivity index (χ4v) is 5.05. The molecule has 36 heavy (non-hydrogen) atoms. The molecule has 0 aliphatic carbocycles. The van der Waals surface area contributed by atoms with Crippen LogP contribution in [-0.2, 0) is 26.2 Å². The number of halogens is 4. The number of rotatable bonds is 11. The largest absolute Gasteiger partial charge is 0.352 e. The van der Waals surface area contributed by atoms with Crippen LogP contribution in [0.5, 0.6) is 0 Å². The molecule has 0 unspecified atom stereocenters. The Morgan fingerprint density at radius 1 is 0.944 bits per heavy atom. The van der Waals surface area contributed by atoms with Crippen LogP contribution in [0.1, 0.15) is 39.2 Å². The third-order valence-corrected chi connectivity index (χ3v) is 8.08. The SMILES string of the molecule is CC[C@H](C)NC(=O)[C@H](CC)N(Cc1ccc(Cl)cc1Cl)C(=O)CN(c1ccc(Cl)c(Cl)c1)S(C)(=O)=O. The van der Waals surface area contributed by atoms with Crippen molar-refractivity contribution in [2.75, 3.05) is 17.1 Å². The van der Waals surface area contributed by atoms with Crippen molar-refractivity contribution >= 4 is 73.9 Å². The van der Waals surface area contributed by atoms with Gasteiger partial charge in [-0.3, -0.25) is 13.9 Å². The van der Waals surface area contributed by atoms with E-state index in [1.165, 1.54) is 23.1 Å². The number of nitrogens with zero attached hydrogens (tertiary/aromatic N) is 2. The average molecular weight is 597 g/mol. The molecule has 0 spiro atoms. The number of hydrogen-bond acceptors (Lipinski definition) is 4. The molecule has 0 fully saturated rings. The molecule has 12 heteroatoms. The van der Waals surface area contributed by atoms with Crippen LogP contribution in [0.25, 0.3) is 0 Å².